The summed E-state index contributed by atoms with van der Waals surface area (Å²) in [5.41, 5.74) is 6.19. The zero-order valence-electron chi connectivity index (χ0n) is 9.58. The quantitative estimate of drug-likeness (QED) is 0.824. The van der Waals surface area contributed by atoms with Crippen molar-refractivity contribution in [3.05, 3.63) is 57.8 Å². The zero-order chi connectivity index (χ0) is 14.0. The number of nitrogens with one attached hydrogen (secondary N) is 1. The van der Waals surface area contributed by atoms with Gasteiger partial charge in [-0.15, -0.1) is 0 Å². The average Bonchev–Trinajstić information content (AvgIpc) is 2.25. The van der Waals surface area contributed by atoms with E-state index in [4.69, 9.17) is 28.9 Å². The molecule has 0 radical (unpaired) electrons. The van der Waals surface area contributed by atoms with E-state index in [-0.39, 0.29) is 11.3 Å². The zero-order valence-corrected chi connectivity index (χ0v) is 11.1. The third kappa shape index (κ3) is 3.59. The topological polar surface area (TPSA) is 55.1 Å². The number of carbonyl (C=O) groups is 1. The highest BCUT2D eigenvalue weighted by Gasteiger charge is 2.09. The summed E-state index contributed by atoms with van der Waals surface area (Å²) in [6.45, 7) is 0. The van der Waals surface area contributed by atoms with E-state index in [2.05, 4.69) is 5.32 Å². The third-order valence-electron chi connectivity index (χ3n) is 2.30. The molecule has 0 atom stereocenters. The summed E-state index contributed by atoms with van der Waals surface area (Å²) in [6.07, 6.45) is 0. The Hall–Kier alpha value is -1.78. The van der Waals surface area contributed by atoms with E-state index in [1.165, 1.54) is 18.2 Å². The van der Waals surface area contributed by atoms with Crippen LogP contribution in [0.25, 0.3) is 0 Å². The molecule has 0 aliphatic rings. The van der Waals surface area contributed by atoms with Gasteiger partial charge in [0.1, 0.15) is 5.82 Å². The minimum Gasteiger partial charge on any atom is -0.399 e. The second-order valence-electron chi connectivity index (χ2n) is 3.89. The van der Waals surface area contributed by atoms with Crippen LogP contribution >= 0.6 is 23.2 Å². The molecule has 0 aliphatic heterocycles. The molecule has 0 saturated heterocycles. The molecule has 0 fully saturated rings. The SMILES string of the molecule is Nc1cc(F)cc(C(=O)Nc2cc(Cl)cc(Cl)c2)c1. The predicted octanol–water partition coefficient (Wildman–Crippen LogP) is 3.97. The van der Waals surface area contributed by atoms with Crippen molar-refractivity contribution in [2.75, 3.05) is 11.1 Å². The van der Waals surface area contributed by atoms with E-state index in [1.54, 1.807) is 6.07 Å². The minimum absolute atomic E-state index is 0.119. The van der Waals surface area contributed by atoms with Gasteiger partial charge in [-0.1, -0.05) is 23.2 Å². The second-order valence-corrected chi connectivity index (χ2v) is 4.76. The van der Waals surface area contributed by atoms with Crippen molar-refractivity contribution in [1.29, 1.82) is 0 Å². The second kappa shape index (κ2) is 5.47. The molecular weight excluding hydrogens is 290 g/mol. The Labute approximate surface area is 119 Å². The molecule has 2 aromatic carbocycles. The van der Waals surface area contributed by atoms with Crippen molar-refractivity contribution in [3.8, 4) is 0 Å². The first-order chi connectivity index (χ1) is 8.94. The van der Waals surface area contributed by atoms with Crippen molar-refractivity contribution in [2.45, 2.75) is 0 Å². The first kappa shape index (κ1) is 13.6. The van der Waals surface area contributed by atoms with Gasteiger partial charge in [-0.05, 0) is 36.4 Å². The van der Waals surface area contributed by atoms with Crippen LogP contribution in [0.2, 0.25) is 10.0 Å². The van der Waals surface area contributed by atoms with Crippen LogP contribution in [0.15, 0.2) is 36.4 Å². The van der Waals surface area contributed by atoms with Gasteiger partial charge in [-0.3, -0.25) is 4.79 Å². The summed E-state index contributed by atoms with van der Waals surface area (Å²) in [7, 11) is 0. The van der Waals surface area contributed by atoms with Gasteiger partial charge >= 0.3 is 0 Å². The molecule has 1 amide bonds. The summed E-state index contributed by atoms with van der Waals surface area (Å²) in [4.78, 5) is 11.9. The van der Waals surface area contributed by atoms with Crippen LogP contribution in [0.1, 0.15) is 10.4 Å². The Kier molecular flexibility index (Phi) is 3.93. The Bertz CT molecular complexity index is 606. The van der Waals surface area contributed by atoms with Crippen molar-refractivity contribution in [1.82, 2.24) is 0 Å². The van der Waals surface area contributed by atoms with Crippen LogP contribution in [-0.4, -0.2) is 5.91 Å². The van der Waals surface area contributed by atoms with Crippen LogP contribution in [0.4, 0.5) is 15.8 Å². The number of rotatable bonds is 2. The largest absolute Gasteiger partial charge is 0.399 e. The summed E-state index contributed by atoms with van der Waals surface area (Å²) >= 11 is 11.6. The molecule has 3 N–H and O–H groups in total. The van der Waals surface area contributed by atoms with Gasteiger partial charge in [0.2, 0.25) is 0 Å². The summed E-state index contributed by atoms with van der Waals surface area (Å²) in [6, 6.07) is 8.22. The highest BCUT2D eigenvalue weighted by Crippen LogP contribution is 2.23. The normalized spacial score (nSPS) is 10.3. The van der Waals surface area contributed by atoms with Gasteiger partial charge in [0, 0.05) is 27.0 Å². The number of hydrogen-bond donors (Lipinski definition) is 2. The number of amides is 1. The van der Waals surface area contributed by atoms with Gasteiger partial charge in [0.25, 0.3) is 5.91 Å². The van der Waals surface area contributed by atoms with E-state index in [1.807, 2.05) is 0 Å². The van der Waals surface area contributed by atoms with Gasteiger partial charge in [0.05, 0.1) is 0 Å². The fourth-order valence-electron chi connectivity index (χ4n) is 1.57. The van der Waals surface area contributed by atoms with E-state index >= 15 is 0 Å². The molecule has 0 aliphatic carbocycles. The summed E-state index contributed by atoms with van der Waals surface area (Å²) in [5, 5.41) is 3.34. The molecule has 19 heavy (non-hydrogen) atoms. The van der Waals surface area contributed by atoms with Crippen LogP contribution in [0.3, 0.4) is 0 Å². The number of nitrogens with two attached hydrogens (primary N) is 1. The van der Waals surface area contributed by atoms with Crippen molar-refractivity contribution >= 4 is 40.5 Å². The standard InChI is InChI=1S/C13H9Cl2FN2O/c14-8-3-9(15)5-12(4-8)18-13(19)7-1-10(16)6-11(17)2-7/h1-6H,17H2,(H,18,19). The Morgan fingerprint density at radius 1 is 1.05 bits per heavy atom. The summed E-state index contributed by atoms with van der Waals surface area (Å²) < 4.78 is 13.2. The van der Waals surface area contributed by atoms with Crippen molar-refractivity contribution in [2.24, 2.45) is 0 Å². The number of halogens is 3. The molecule has 0 spiro atoms. The highest BCUT2D eigenvalue weighted by molar-refractivity contribution is 6.35. The van der Waals surface area contributed by atoms with Crippen molar-refractivity contribution in [3.63, 3.8) is 0 Å². The minimum atomic E-state index is -0.575. The molecule has 3 nitrogen and oxygen atoms in total. The maximum Gasteiger partial charge on any atom is 0.255 e. The maximum atomic E-state index is 13.2. The third-order valence-corrected chi connectivity index (χ3v) is 2.74. The number of nitrogen functional groups attached to an aromatic ring is 1. The highest BCUT2D eigenvalue weighted by atomic mass is 35.5. The lowest BCUT2D eigenvalue weighted by Gasteiger charge is -2.07. The first-order valence-electron chi connectivity index (χ1n) is 5.27. The van der Waals surface area contributed by atoms with Crippen LogP contribution < -0.4 is 11.1 Å². The molecule has 0 bridgehead atoms. The monoisotopic (exact) mass is 298 g/mol. The van der Waals surface area contributed by atoms with Crippen LogP contribution in [0, 0.1) is 5.82 Å². The molecule has 6 heteroatoms. The summed E-state index contributed by atoms with van der Waals surface area (Å²) in [5.74, 6) is -1.07. The predicted molar refractivity (Wildman–Crippen MR) is 75.2 cm³/mol. The smallest absolute Gasteiger partial charge is 0.255 e. The molecule has 2 aromatic rings. The number of benzene rings is 2. The van der Waals surface area contributed by atoms with Gasteiger partial charge in [-0.2, -0.15) is 0 Å². The molecule has 0 aromatic heterocycles. The van der Waals surface area contributed by atoms with E-state index in [0.29, 0.717) is 15.7 Å². The molecule has 0 heterocycles. The number of hydrogen-bond acceptors (Lipinski definition) is 2. The molecule has 98 valence electrons. The molecule has 0 unspecified atom stereocenters. The number of anilines is 2. The van der Waals surface area contributed by atoms with E-state index in [9.17, 15) is 9.18 Å². The average molecular weight is 299 g/mol. The van der Waals surface area contributed by atoms with E-state index < -0.39 is 11.7 Å². The van der Waals surface area contributed by atoms with Crippen LogP contribution in [0.5, 0.6) is 0 Å². The van der Waals surface area contributed by atoms with Gasteiger partial charge < -0.3 is 11.1 Å². The molecular formula is C13H9Cl2FN2O. The fourth-order valence-corrected chi connectivity index (χ4v) is 2.10. The lowest BCUT2D eigenvalue weighted by atomic mass is 10.2. The fraction of sp³-hybridized carbons (Fsp3) is 0. The van der Waals surface area contributed by atoms with Crippen molar-refractivity contribution < 1.29 is 9.18 Å². The van der Waals surface area contributed by atoms with Crippen LogP contribution in [-0.2, 0) is 0 Å². The Morgan fingerprint density at radius 2 is 1.68 bits per heavy atom. The molecule has 0 saturated carbocycles. The first-order valence-corrected chi connectivity index (χ1v) is 6.03. The van der Waals surface area contributed by atoms with Gasteiger partial charge in [0.15, 0.2) is 0 Å². The van der Waals surface area contributed by atoms with E-state index in [0.717, 1.165) is 12.1 Å². The maximum absolute atomic E-state index is 13.2. The lowest BCUT2D eigenvalue weighted by molar-refractivity contribution is 0.102. The van der Waals surface area contributed by atoms with Gasteiger partial charge in [-0.25, -0.2) is 4.39 Å². The number of carbonyl (C=O) groups excluding carboxylic acids is 1. The lowest BCUT2D eigenvalue weighted by Crippen LogP contribution is -2.12. The Balaban J connectivity index is 2.25. The molecule has 2 rings (SSSR count). The Morgan fingerprint density at radius 3 is 2.26 bits per heavy atom.